The van der Waals surface area contributed by atoms with E-state index < -0.39 is 0 Å². The molecule has 5 nitrogen and oxygen atoms in total. The fourth-order valence-corrected chi connectivity index (χ4v) is 2.01. The molecule has 0 fully saturated rings. The van der Waals surface area contributed by atoms with Crippen LogP contribution in [-0.2, 0) is 7.05 Å². The molecule has 3 N–H and O–H groups in total. The van der Waals surface area contributed by atoms with E-state index in [1.807, 2.05) is 38.1 Å². The molecule has 0 saturated heterocycles. The number of anilines is 1. The number of carbonyl (C=O) groups is 1. The predicted molar refractivity (Wildman–Crippen MR) is 74.7 cm³/mol. The number of nitrogen functional groups attached to an aromatic ring is 1. The number of nitrogens with two attached hydrogens (primary N) is 1. The second kappa shape index (κ2) is 5.14. The van der Waals surface area contributed by atoms with Crippen molar-refractivity contribution in [1.82, 2.24) is 15.1 Å². The van der Waals surface area contributed by atoms with Gasteiger partial charge in [-0.25, -0.2) is 0 Å². The minimum atomic E-state index is -0.141. The van der Waals surface area contributed by atoms with Crippen LogP contribution in [0.4, 0.5) is 5.69 Å². The molecule has 19 heavy (non-hydrogen) atoms. The van der Waals surface area contributed by atoms with Gasteiger partial charge >= 0.3 is 0 Å². The van der Waals surface area contributed by atoms with E-state index in [9.17, 15) is 4.79 Å². The SMILES string of the molecule is Cc1cc(C(=O)NC(C)c2cccc(N)c2)n(C)n1. The maximum Gasteiger partial charge on any atom is 0.270 e. The monoisotopic (exact) mass is 258 g/mol. The van der Waals surface area contributed by atoms with Crippen LogP contribution < -0.4 is 11.1 Å². The van der Waals surface area contributed by atoms with Crippen LogP contribution in [0.5, 0.6) is 0 Å². The first-order valence-electron chi connectivity index (χ1n) is 6.14. The zero-order chi connectivity index (χ0) is 14.0. The minimum Gasteiger partial charge on any atom is -0.399 e. The van der Waals surface area contributed by atoms with E-state index >= 15 is 0 Å². The van der Waals surface area contributed by atoms with Crippen molar-refractivity contribution in [2.75, 3.05) is 5.73 Å². The van der Waals surface area contributed by atoms with Gasteiger partial charge in [-0.05, 0) is 37.6 Å². The van der Waals surface area contributed by atoms with Crippen molar-refractivity contribution in [3.05, 3.63) is 47.3 Å². The first-order chi connectivity index (χ1) is 8.97. The van der Waals surface area contributed by atoms with Gasteiger partial charge in [-0.2, -0.15) is 5.10 Å². The number of amides is 1. The molecule has 0 aliphatic heterocycles. The predicted octanol–water partition coefficient (Wildman–Crippen LogP) is 1.80. The van der Waals surface area contributed by atoms with Gasteiger partial charge in [0.1, 0.15) is 5.69 Å². The summed E-state index contributed by atoms with van der Waals surface area (Å²) >= 11 is 0. The Morgan fingerprint density at radius 2 is 2.16 bits per heavy atom. The van der Waals surface area contributed by atoms with Crippen LogP contribution in [0.15, 0.2) is 30.3 Å². The van der Waals surface area contributed by atoms with E-state index in [0.717, 1.165) is 11.3 Å². The molecule has 0 aliphatic carbocycles. The average Bonchev–Trinajstić information content (AvgIpc) is 2.68. The van der Waals surface area contributed by atoms with E-state index in [1.165, 1.54) is 0 Å². The fraction of sp³-hybridized carbons (Fsp3) is 0.286. The maximum atomic E-state index is 12.1. The third kappa shape index (κ3) is 2.93. The Morgan fingerprint density at radius 1 is 1.42 bits per heavy atom. The number of rotatable bonds is 3. The van der Waals surface area contributed by atoms with Crippen molar-refractivity contribution in [2.24, 2.45) is 7.05 Å². The zero-order valence-electron chi connectivity index (χ0n) is 11.3. The Bertz CT molecular complexity index is 603. The quantitative estimate of drug-likeness (QED) is 0.824. The van der Waals surface area contributed by atoms with Gasteiger partial charge in [0, 0.05) is 12.7 Å². The Labute approximate surface area is 112 Å². The summed E-state index contributed by atoms with van der Waals surface area (Å²) in [6, 6.07) is 9.16. The summed E-state index contributed by atoms with van der Waals surface area (Å²) in [5.74, 6) is -0.141. The van der Waals surface area contributed by atoms with Crippen LogP contribution in [0.25, 0.3) is 0 Å². The maximum absolute atomic E-state index is 12.1. The van der Waals surface area contributed by atoms with E-state index in [0.29, 0.717) is 11.4 Å². The van der Waals surface area contributed by atoms with Crippen LogP contribution >= 0.6 is 0 Å². The smallest absolute Gasteiger partial charge is 0.270 e. The highest BCUT2D eigenvalue weighted by Gasteiger charge is 2.15. The van der Waals surface area contributed by atoms with E-state index in [4.69, 9.17) is 5.73 Å². The van der Waals surface area contributed by atoms with E-state index in [2.05, 4.69) is 10.4 Å². The molecule has 1 aromatic carbocycles. The van der Waals surface area contributed by atoms with Gasteiger partial charge in [-0.1, -0.05) is 12.1 Å². The Hall–Kier alpha value is -2.30. The van der Waals surface area contributed by atoms with Gasteiger partial charge in [0.05, 0.1) is 11.7 Å². The van der Waals surface area contributed by atoms with Crippen LogP contribution in [-0.4, -0.2) is 15.7 Å². The molecule has 0 bridgehead atoms. The van der Waals surface area contributed by atoms with Gasteiger partial charge in [0.2, 0.25) is 0 Å². The van der Waals surface area contributed by atoms with Crippen molar-refractivity contribution >= 4 is 11.6 Å². The van der Waals surface area contributed by atoms with Crippen LogP contribution in [0.3, 0.4) is 0 Å². The second-order valence-electron chi connectivity index (χ2n) is 4.66. The van der Waals surface area contributed by atoms with Crippen molar-refractivity contribution in [2.45, 2.75) is 19.9 Å². The number of nitrogens with zero attached hydrogens (tertiary/aromatic N) is 2. The Morgan fingerprint density at radius 3 is 2.74 bits per heavy atom. The molecule has 1 aromatic heterocycles. The first-order valence-corrected chi connectivity index (χ1v) is 6.14. The molecule has 0 radical (unpaired) electrons. The number of nitrogens with one attached hydrogen (secondary N) is 1. The molecular weight excluding hydrogens is 240 g/mol. The lowest BCUT2D eigenvalue weighted by molar-refractivity contribution is 0.0930. The first kappa shape index (κ1) is 13.1. The number of aryl methyl sites for hydroxylation is 2. The zero-order valence-corrected chi connectivity index (χ0v) is 11.3. The summed E-state index contributed by atoms with van der Waals surface area (Å²) in [5, 5.41) is 7.10. The number of benzene rings is 1. The summed E-state index contributed by atoms with van der Waals surface area (Å²) in [5.41, 5.74) is 8.78. The third-order valence-corrected chi connectivity index (χ3v) is 2.99. The molecule has 1 atom stereocenters. The van der Waals surface area contributed by atoms with Gasteiger partial charge in [-0.15, -0.1) is 0 Å². The van der Waals surface area contributed by atoms with Crippen molar-refractivity contribution in [3.8, 4) is 0 Å². The minimum absolute atomic E-state index is 0.105. The molecule has 1 unspecified atom stereocenters. The van der Waals surface area contributed by atoms with Gasteiger partial charge in [0.25, 0.3) is 5.91 Å². The Balaban J connectivity index is 2.13. The van der Waals surface area contributed by atoms with Crippen molar-refractivity contribution in [1.29, 1.82) is 0 Å². The largest absolute Gasteiger partial charge is 0.399 e. The summed E-state index contributed by atoms with van der Waals surface area (Å²) in [6.07, 6.45) is 0. The standard InChI is InChI=1S/C14H18N4O/c1-9-7-13(18(3)17-9)14(19)16-10(2)11-5-4-6-12(15)8-11/h4-8,10H,15H2,1-3H3,(H,16,19). The van der Waals surface area contributed by atoms with Gasteiger partial charge < -0.3 is 11.1 Å². The number of hydrogen-bond acceptors (Lipinski definition) is 3. The molecule has 0 saturated carbocycles. The molecule has 0 spiro atoms. The molecule has 5 heteroatoms. The van der Waals surface area contributed by atoms with Gasteiger partial charge in [-0.3, -0.25) is 9.48 Å². The van der Waals surface area contributed by atoms with Crippen molar-refractivity contribution in [3.63, 3.8) is 0 Å². The molecule has 0 aliphatic rings. The molecule has 2 rings (SSSR count). The van der Waals surface area contributed by atoms with E-state index in [-0.39, 0.29) is 11.9 Å². The fourth-order valence-electron chi connectivity index (χ4n) is 2.01. The average molecular weight is 258 g/mol. The van der Waals surface area contributed by atoms with Crippen LogP contribution in [0, 0.1) is 6.92 Å². The highest BCUT2D eigenvalue weighted by atomic mass is 16.2. The molecule has 1 amide bonds. The Kier molecular flexibility index (Phi) is 3.55. The lowest BCUT2D eigenvalue weighted by Gasteiger charge is -2.14. The molecule has 100 valence electrons. The highest BCUT2D eigenvalue weighted by molar-refractivity contribution is 5.92. The molecule has 1 heterocycles. The molecular formula is C14H18N4O. The summed E-state index contributed by atoms with van der Waals surface area (Å²) in [4.78, 5) is 12.1. The van der Waals surface area contributed by atoms with Crippen LogP contribution in [0.2, 0.25) is 0 Å². The lowest BCUT2D eigenvalue weighted by Crippen LogP contribution is -2.28. The highest BCUT2D eigenvalue weighted by Crippen LogP contribution is 2.16. The summed E-state index contributed by atoms with van der Waals surface area (Å²) in [7, 11) is 1.76. The third-order valence-electron chi connectivity index (χ3n) is 2.99. The number of carbonyl (C=O) groups excluding carboxylic acids is 1. The normalized spacial score (nSPS) is 12.2. The number of hydrogen-bond donors (Lipinski definition) is 2. The lowest BCUT2D eigenvalue weighted by atomic mass is 10.1. The summed E-state index contributed by atoms with van der Waals surface area (Å²) in [6.45, 7) is 3.79. The van der Waals surface area contributed by atoms with Gasteiger partial charge in [0.15, 0.2) is 0 Å². The van der Waals surface area contributed by atoms with Crippen LogP contribution in [0.1, 0.15) is 34.7 Å². The number of aromatic nitrogens is 2. The molecule has 2 aromatic rings. The second-order valence-corrected chi connectivity index (χ2v) is 4.66. The van der Waals surface area contributed by atoms with E-state index in [1.54, 1.807) is 17.8 Å². The summed E-state index contributed by atoms with van der Waals surface area (Å²) < 4.78 is 1.58. The topological polar surface area (TPSA) is 72.9 Å². The van der Waals surface area contributed by atoms with Crippen molar-refractivity contribution < 1.29 is 4.79 Å².